The molecule has 3 rings (SSSR count). The molecule has 142 valence electrons. The molecule has 0 fully saturated rings. The highest BCUT2D eigenvalue weighted by atomic mass is 79.9. The monoisotopic (exact) mass is 437 g/mol. The molecule has 0 aliphatic rings. The molecule has 0 bridgehead atoms. The molecule has 3 aromatic rings. The van der Waals surface area contributed by atoms with Crippen LogP contribution in [0.2, 0.25) is 0 Å². The molecule has 0 saturated heterocycles. The summed E-state index contributed by atoms with van der Waals surface area (Å²) in [6.07, 6.45) is 1.21. The molecule has 0 aliphatic carbocycles. The quantitative estimate of drug-likeness (QED) is 0.156. The first-order valence-corrected chi connectivity index (χ1v) is 7.83. The lowest BCUT2D eigenvalue weighted by Crippen LogP contribution is -3.00. The van der Waals surface area contributed by atoms with Crippen LogP contribution in [0.1, 0.15) is 16.2 Å². The first-order chi connectivity index (χ1) is 12.4. The third-order valence-electron chi connectivity index (χ3n) is 4.12. The van der Waals surface area contributed by atoms with Crippen molar-refractivity contribution < 1.29 is 40.8 Å². The van der Waals surface area contributed by atoms with Gasteiger partial charge in [0.15, 0.2) is 12.7 Å². The maximum Gasteiger partial charge on any atom is 0.365 e. The van der Waals surface area contributed by atoms with E-state index in [1.807, 2.05) is 0 Å². The van der Waals surface area contributed by atoms with Gasteiger partial charge in [-0.25, -0.2) is 9.36 Å². The van der Waals surface area contributed by atoms with Crippen molar-refractivity contribution >= 4 is 22.6 Å². The Balaban J connectivity index is 0.00000261. The second kappa shape index (κ2) is 8.23. The molecule has 1 aromatic carbocycles. The zero-order chi connectivity index (χ0) is 18.8. The Hall–Kier alpha value is -2.85. The van der Waals surface area contributed by atoms with E-state index < -0.39 is 16.3 Å². The summed E-state index contributed by atoms with van der Waals surface area (Å²) in [4.78, 5) is 35.2. The Morgan fingerprint density at radius 2 is 2.07 bits per heavy atom. The smallest absolute Gasteiger partial charge is 0.365 e. The van der Waals surface area contributed by atoms with Crippen LogP contribution in [0, 0.1) is 17.0 Å². The average molecular weight is 438 g/mol. The number of benzene rings is 1. The van der Waals surface area contributed by atoms with E-state index >= 15 is 0 Å². The van der Waals surface area contributed by atoms with Gasteiger partial charge in [0.1, 0.15) is 17.7 Å². The van der Waals surface area contributed by atoms with Gasteiger partial charge in [0.25, 0.3) is 5.82 Å². The van der Waals surface area contributed by atoms with E-state index in [1.165, 1.54) is 21.4 Å². The summed E-state index contributed by atoms with van der Waals surface area (Å²) in [5.74, 6) is -0.340. The van der Waals surface area contributed by atoms with E-state index in [0.717, 1.165) is 0 Å². The average Bonchev–Trinajstić information content (AvgIpc) is 2.91. The fourth-order valence-corrected chi connectivity index (χ4v) is 2.80. The predicted octanol–water partition coefficient (Wildman–Crippen LogP) is -2.02. The second-order valence-electron chi connectivity index (χ2n) is 5.70. The summed E-state index contributed by atoms with van der Waals surface area (Å²) >= 11 is 0. The van der Waals surface area contributed by atoms with Crippen LogP contribution in [-0.2, 0) is 13.1 Å². The summed E-state index contributed by atoms with van der Waals surface area (Å²) < 4.78 is 7.84. The number of aliphatic hydroxyl groups is 1. The number of aliphatic hydroxyl groups excluding tert-OH is 1. The van der Waals surface area contributed by atoms with E-state index in [9.17, 15) is 19.7 Å². The normalized spacial score (nSPS) is 10.6. The SMILES string of the molecule is Cc1n(CCO)c([N+](=O)[O-])c[n+]1CC(=O)c1cc2ccccc2oc1=O.[Br-]. The Morgan fingerprint density at radius 1 is 1.37 bits per heavy atom. The predicted molar refractivity (Wildman–Crippen MR) is 89.9 cm³/mol. The molecule has 10 heteroatoms. The van der Waals surface area contributed by atoms with Crippen LogP contribution >= 0.6 is 0 Å². The number of hydrogen-bond acceptors (Lipinski definition) is 6. The number of nitro groups is 1. The molecular formula is C17H16BrN3O6. The van der Waals surface area contributed by atoms with Gasteiger partial charge in [0.05, 0.1) is 6.61 Å². The number of para-hydroxylation sites is 1. The molecule has 0 atom stereocenters. The molecule has 1 N–H and O–H groups in total. The van der Waals surface area contributed by atoms with Gasteiger partial charge in [0.2, 0.25) is 5.78 Å². The van der Waals surface area contributed by atoms with Crippen LogP contribution in [-0.4, -0.2) is 27.0 Å². The highest BCUT2D eigenvalue weighted by Gasteiger charge is 2.26. The van der Waals surface area contributed by atoms with Crippen LogP contribution in [0.25, 0.3) is 11.0 Å². The standard InChI is InChI=1S/C17H16N3O6.BrH/c1-11-18(10-16(20(24)25)19(11)6-7-21)9-14(22)13-8-12-4-2-3-5-15(12)26-17(13)23;/h2-5,8,10,21H,6-7,9H2,1H3;1H/q+1;/p-1. The van der Waals surface area contributed by atoms with Gasteiger partial charge >= 0.3 is 11.4 Å². The number of halogens is 1. The van der Waals surface area contributed by atoms with Crippen molar-refractivity contribution in [2.24, 2.45) is 0 Å². The molecule has 2 aromatic heterocycles. The van der Waals surface area contributed by atoms with Crippen molar-refractivity contribution in [2.45, 2.75) is 20.0 Å². The van der Waals surface area contributed by atoms with Gasteiger partial charge < -0.3 is 36.6 Å². The molecule has 9 nitrogen and oxygen atoms in total. The van der Waals surface area contributed by atoms with Gasteiger partial charge in [-0.1, -0.05) is 18.2 Å². The maximum atomic E-state index is 12.6. The number of carbonyl (C=O) groups excluding carboxylic acids is 1. The number of rotatable bonds is 6. The van der Waals surface area contributed by atoms with Crippen LogP contribution in [0.5, 0.6) is 0 Å². The van der Waals surface area contributed by atoms with Crippen molar-refractivity contribution in [3.63, 3.8) is 0 Å². The fourth-order valence-electron chi connectivity index (χ4n) is 2.80. The summed E-state index contributed by atoms with van der Waals surface area (Å²) in [5, 5.41) is 20.9. The Morgan fingerprint density at radius 3 is 2.74 bits per heavy atom. The summed E-state index contributed by atoms with van der Waals surface area (Å²) in [6, 6.07) is 8.28. The first kappa shape index (κ1) is 20.5. The summed E-state index contributed by atoms with van der Waals surface area (Å²) in [5.41, 5.74) is -0.493. The molecule has 0 aliphatic heterocycles. The lowest BCUT2D eigenvalue weighted by molar-refractivity contribution is -0.689. The number of ketones is 1. The number of nitrogens with zero attached hydrogens (tertiary/aromatic N) is 3. The molecule has 2 heterocycles. The highest BCUT2D eigenvalue weighted by Crippen LogP contribution is 2.14. The lowest BCUT2D eigenvalue weighted by Gasteiger charge is -2.02. The minimum Gasteiger partial charge on any atom is -1.00 e. The molecule has 0 amide bonds. The minimum absolute atomic E-state index is 0. The molecule has 0 unspecified atom stereocenters. The number of Topliss-reactive ketones (excluding diaryl/α,β-unsaturated/α-hetero) is 1. The van der Waals surface area contributed by atoms with Gasteiger partial charge in [0, 0.05) is 12.3 Å². The fraction of sp³-hybridized carbons (Fsp3) is 0.235. The minimum atomic E-state index is -0.753. The van der Waals surface area contributed by atoms with Crippen molar-refractivity contribution in [1.82, 2.24) is 4.57 Å². The van der Waals surface area contributed by atoms with Crippen molar-refractivity contribution in [3.8, 4) is 0 Å². The van der Waals surface area contributed by atoms with Crippen LogP contribution < -0.4 is 27.2 Å². The lowest BCUT2D eigenvalue weighted by atomic mass is 10.1. The Kier molecular flexibility index (Phi) is 6.24. The van der Waals surface area contributed by atoms with E-state index in [1.54, 1.807) is 31.2 Å². The summed E-state index contributed by atoms with van der Waals surface area (Å²) in [7, 11) is 0. The third-order valence-corrected chi connectivity index (χ3v) is 4.12. The first-order valence-electron chi connectivity index (χ1n) is 7.83. The van der Waals surface area contributed by atoms with Gasteiger partial charge in [-0.05, 0) is 17.1 Å². The van der Waals surface area contributed by atoms with Crippen LogP contribution in [0.3, 0.4) is 0 Å². The van der Waals surface area contributed by atoms with Gasteiger partial charge in [-0.3, -0.25) is 4.79 Å². The zero-order valence-corrected chi connectivity index (χ0v) is 15.9. The third kappa shape index (κ3) is 3.96. The topological polar surface area (TPSA) is 119 Å². The van der Waals surface area contributed by atoms with E-state index in [0.29, 0.717) is 16.8 Å². The maximum absolute atomic E-state index is 12.6. The number of carbonyl (C=O) groups is 1. The zero-order valence-electron chi connectivity index (χ0n) is 14.3. The van der Waals surface area contributed by atoms with E-state index in [2.05, 4.69) is 0 Å². The number of aromatic nitrogens is 2. The van der Waals surface area contributed by atoms with Gasteiger partial charge in [-0.2, -0.15) is 4.57 Å². The molecule has 27 heavy (non-hydrogen) atoms. The molecule has 0 spiro atoms. The van der Waals surface area contributed by atoms with Crippen molar-refractivity contribution in [2.75, 3.05) is 6.61 Å². The highest BCUT2D eigenvalue weighted by molar-refractivity contribution is 5.97. The summed E-state index contributed by atoms with van der Waals surface area (Å²) in [6.45, 7) is 1.09. The second-order valence-corrected chi connectivity index (χ2v) is 5.70. The Labute approximate surface area is 163 Å². The number of fused-ring (bicyclic) bond motifs is 1. The van der Waals surface area contributed by atoms with E-state index in [-0.39, 0.29) is 48.1 Å². The van der Waals surface area contributed by atoms with Crippen molar-refractivity contribution in [1.29, 1.82) is 0 Å². The molecule has 0 saturated carbocycles. The van der Waals surface area contributed by atoms with Crippen LogP contribution in [0.4, 0.5) is 5.82 Å². The molecule has 0 radical (unpaired) electrons. The number of imidazole rings is 1. The largest absolute Gasteiger partial charge is 1.00 e. The molecular weight excluding hydrogens is 422 g/mol. The van der Waals surface area contributed by atoms with Gasteiger partial charge in [-0.15, -0.1) is 0 Å². The van der Waals surface area contributed by atoms with E-state index in [4.69, 9.17) is 9.52 Å². The number of hydrogen-bond donors (Lipinski definition) is 1. The van der Waals surface area contributed by atoms with Crippen molar-refractivity contribution in [3.05, 3.63) is 68.5 Å². The Bertz CT molecular complexity index is 1070. The van der Waals surface area contributed by atoms with Crippen LogP contribution in [0.15, 0.2) is 45.7 Å².